The topological polar surface area (TPSA) is 64.3 Å². The Kier molecular flexibility index (Phi) is 3.66. The maximum atomic E-state index is 6.09. The van der Waals surface area contributed by atoms with Gasteiger partial charge in [0.2, 0.25) is 5.65 Å². The van der Waals surface area contributed by atoms with E-state index in [1.807, 2.05) is 46.9 Å². The van der Waals surface area contributed by atoms with E-state index in [0.29, 0.717) is 23.0 Å². The number of anilines is 1. The van der Waals surface area contributed by atoms with E-state index in [9.17, 15) is 0 Å². The lowest BCUT2D eigenvalue weighted by Gasteiger charge is -2.10. The average molecular weight is 340 g/mol. The minimum atomic E-state index is 0.603. The first-order chi connectivity index (χ1) is 11.7. The molecule has 0 bridgehead atoms. The van der Waals surface area contributed by atoms with Crippen molar-refractivity contribution in [3.63, 3.8) is 0 Å². The SMILES string of the molecule is COc1cccc(CNc2nc3ccc(Cl)cc3n3cnnc23)c1. The lowest BCUT2D eigenvalue weighted by atomic mass is 10.2. The first kappa shape index (κ1) is 14.7. The molecule has 4 aromatic rings. The number of aromatic nitrogens is 4. The highest BCUT2D eigenvalue weighted by Crippen LogP contribution is 2.23. The molecule has 2 aromatic carbocycles. The molecule has 0 atom stereocenters. The number of rotatable bonds is 4. The third-order valence-corrected chi connectivity index (χ3v) is 4.02. The lowest BCUT2D eigenvalue weighted by molar-refractivity contribution is 0.414. The molecule has 0 amide bonds. The number of methoxy groups -OCH3 is 1. The van der Waals surface area contributed by atoms with Crippen molar-refractivity contribution in [2.45, 2.75) is 6.54 Å². The van der Waals surface area contributed by atoms with Crippen LogP contribution in [0, 0.1) is 0 Å². The largest absolute Gasteiger partial charge is 0.497 e. The Morgan fingerprint density at radius 1 is 1.21 bits per heavy atom. The summed E-state index contributed by atoms with van der Waals surface area (Å²) in [6, 6.07) is 13.4. The van der Waals surface area contributed by atoms with Crippen LogP contribution in [0.5, 0.6) is 5.75 Å². The van der Waals surface area contributed by atoms with Crippen molar-refractivity contribution >= 4 is 34.1 Å². The monoisotopic (exact) mass is 339 g/mol. The number of fused-ring (bicyclic) bond motifs is 3. The minimum absolute atomic E-state index is 0.603. The molecule has 7 heteroatoms. The van der Waals surface area contributed by atoms with Gasteiger partial charge in [0.25, 0.3) is 0 Å². The second kappa shape index (κ2) is 5.98. The molecule has 0 aliphatic carbocycles. The van der Waals surface area contributed by atoms with Crippen molar-refractivity contribution in [1.82, 2.24) is 19.6 Å². The third kappa shape index (κ3) is 2.61. The van der Waals surface area contributed by atoms with E-state index >= 15 is 0 Å². The Morgan fingerprint density at radius 2 is 2.12 bits per heavy atom. The fourth-order valence-corrected chi connectivity index (χ4v) is 2.78. The van der Waals surface area contributed by atoms with Crippen LogP contribution in [0.4, 0.5) is 5.82 Å². The van der Waals surface area contributed by atoms with Gasteiger partial charge in [-0.2, -0.15) is 0 Å². The van der Waals surface area contributed by atoms with Crippen LogP contribution in [-0.4, -0.2) is 26.7 Å². The fraction of sp³-hybridized carbons (Fsp3) is 0.118. The van der Waals surface area contributed by atoms with E-state index in [0.717, 1.165) is 22.3 Å². The highest BCUT2D eigenvalue weighted by molar-refractivity contribution is 6.31. The molecule has 6 nitrogen and oxygen atoms in total. The van der Waals surface area contributed by atoms with Crippen LogP contribution in [0.2, 0.25) is 5.02 Å². The van der Waals surface area contributed by atoms with Crippen molar-refractivity contribution < 1.29 is 4.74 Å². The summed E-state index contributed by atoms with van der Waals surface area (Å²) in [7, 11) is 1.66. The summed E-state index contributed by atoms with van der Waals surface area (Å²) in [6.45, 7) is 0.603. The predicted octanol–water partition coefficient (Wildman–Crippen LogP) is 3.55. The zero-order chi connectivity index (χ0) is 16.5. The van der Waals surface area contributed by atoms with Crippen LogP contribution >= 0.6 is 11.6 Å². The molecule has 0 fully saturated rings. The third-order valence-electron chi connectivity index (χ3n) is 3.78. The maximum Gasteiger partial charge on any atom is 0.203 e. The Balaban J connectivity index is 1.72. The highest BCUT2D eigenvalue weighted by atomic mass is 35.5. The number of hydrogen-bond donors (Lipinski definition) is 1. The summed E-state index contributed by atoms with van der Waals surface area (Å²) in [5.74, 6) is 1.49. The van der Waals surface area contributed by atoms with Gasteiger partial charge in [0.1, 0.15) is 12.1 Å². The Morgan fingerprint density at radius 3 is 3.00 bits per heavy atom. The zero-order valence-electron chi connectivity index (χ0n) is 12.9. The van der Waals surface area contributed by atoms with E-state index in [-0.39, 0.29) is 0 Å². The van der Waals surface area contributed by atoms with Gasteiger partial charge in [0, 0.05) is 11.6 Å². The molecule has 4 rings (SSSR count). The summed E-state index contributed by atoms with van der Waals surface area (Å²) in [4.78, 5) is 4.65. The van der Waals surface area contributed by atoms with Crippen molar-refractivity contribution in [2.24, 2.45) is 0 Å². The van der Waals surface area contributed by atoms with Gasteiger partial charge < -0.3 is 10.1 Å². The van der Waals surface area contributed by atoms with Crippen molar-refractivity contribution in [1.29, 1.82) is 0 Å². The summed E-state index contributed by atoms with van der Waals surface area (Å²) in [5.41, 5.74) is 3.44. The summed E-state index contributed by atoms with van der Waals surface area (Å²) in [6.07, 6.45) is 1.66. The molecule has 0 unspecified atom stereocenters. The van der Waals surface area contributed by atoms with Gasteiger partial charge >= 0.3 is 0 Å². The molecule has 0 saturated carbocycles. The first-order valence-electron chi connectivity index (χ1n) is 7.40. The van der Waals surface area contributed by atoms with Gasteiger partial charge in [-0.25, -0.2) is 4.98 Å². The molecule has 0 saturated heterocycles. The quantitative estimate of drug-likeness (QED) is 0.616. The van der Waals surface area contributed by atoms with Gasteiger partial charge in [-0.05, 0) is 35.9 Å². The highest BCUT2D eigenvalue weighted by Gasteiger charge is 2.10. The number of nitrogens with zero attached hydrogens (tertiary/aromatic N) is 4. The van der Waals surface area contributed by atoms with Crippen LogP contribution in [0.3, 0.4) is 0 Å². The van der Waals surface area contributed by atoms with Crippen LogP contribution in [0.25, 0.3) is 16.7 Å². The molecular weight excluding hydrogens is 326 g/mol. The second-order valence-electron chi connectivity index (χ2n) is 5.32. The van der Waals surface area contributed by atoms with Crippen molar-refractivity contribution in [3.05, 3.63) is 59.4 Å². The van der Waals surface area contributed by atoms with Gasteiger partial charge in [0.15, 0.2) is 5.82 Å². The number of benzene rings is 2. The summed E-state index contributed by atoms with van der Waals surface area (Å²) >= 11 is 6.09. The number of hydrogen-bond acceptors (Lipinski definition) is 5. The van der Waals surface area contributed by atoms with E-state index < -0.39 is 0 Å². The standard InChI is InChI=1S/C17H14ClN5O/c1-24-13-4-2-3-11(7-13)9-19-16-17-22-20-10-23(17)15-8-12(18)5-6-14(15)21-16/h2-8,10H,9H2,1H3,(H,19,21). The fourth-order valence-electron chi connectivity index (χ4n) is 2.61. The average Bonchev–Trinajstić information content (AvgIpc) is 3.10. The maximum absolute atomic E-state index is 6.09. The van der Waals surface area contributed by atoms with Crippen molar-refractivity contribution in [2.75, 3.05) is 12.4 Å². The van der Waals surface area contributed by atoms with Crippen LogP contribution in [-0.2, 0) is 6.54 Å². The molecule has 0 spiro atoms. The molecule has 0 aliphatic rings. The number of ether oxygens (including phenoxy) is 1. The number of nitrogens with one attached hydrogen (secondary N) is 1. The van der Waals surface area contributed by atoms with Crippen molar-refractivity contribution in [3.8, 4) is 5.75 Å². The first-order valence-corrected chi connectivity index (χ1v) is 7.78. The molecule has 0 aliphatic heterocycles. The lowest BCUT2D eigenvalue weighted by Crippen LogP contribution is -2.05. The van der Waals surface area contributed by atoms with E-state index in [1.54, 1.807) is 13.4 Å². The molecular formula is C17H14ClN5O. The molecule has 2 aromatic heterocycles. The molecule has 1 N–H and O–H groups in total. The van der Waals surface area contributed by atoms with Gasteiger partial charge in [-0.3, -0.25) is 4.40 Å². The number of halogens is 1. The van der Waals surface area contributed by atoms with Crippen LogP contribution in [0.1, 0.15) is 5.56 Å². The molecule has 0 radical (unpaired) electrons. The molecule has 2 heterocycles. The van der Waals surface area contributed by atoms with Crippen LogP contribution < -0.4 is 10.1 Å². The normalized spacial score (nSPS) is 11.1. The smallest absolute Gasteiger partial charge is 0.203 e. The second-order valence-corrected chi connectivity index (χ2v) is 5.76. The Bertz CT molecular complexity index is 1030. The minimum Gasteiger partial charge on any atom is -0.497 e. The Labute approximate surface area is 143 Å². The van der Waals surface area contributed by atoms with Gasteiger partial charge in [0.05, 0.1) is 18.1 Å². The molecule has 120 valence electrons. The summed E-state index contributed by atoms with van der Waals surface area (Å²) in [5, 5.41) is 12.1. The van der Waals surface area contributed by atoms with E-state index in [4.69, 9.17) is 16.3 Å². The molecule has 24 heavy (non-hydrogen) atoms. The van der Waals surface area contributed by atoms with E-state index in [1.165, 1.54) is 0 Å². The summed E-state index contributed by atoms with van der Waals surface area (Å²) < 4.78 is 7.13. The van der Waals surface area contributed by atoms with Gasteiger partial charge in [-0.15, -0.1) is 10.2 Å². The van der Waals surface area contributed by atoms with E-state index in [2.05, 4.69) is 20.5 Å². The predicted molar refractivity (Wildman–Crippen MR) is 93.6 cm³/mol. The Hall–Kier alpha value is -2.86. The zero-order valence-corrected chi connectivity index (χ0v) is 13.7. The van der Waals surface area contributed by atoms with Crippen LogP contribution in [0.15, 0.2) is 48.8 Å². The van der Waals surface area contributed by atoms with Gasteiger partial charge in [-0.1, -0.05) is 23.7 Å².